The smallest absolute Gasteiger partial charge is 0.243 e. The molecule has 0 radical (unpaired) electrons. The molecule has 4 bridgehead atoms. The van der Waals surface area contributed by atoms with Crippen molar-refractivity contribution in [1.82, 2.24) is 9.62 Å². The summed E-state index contributed by atoms with van der Waals surface area (Å²) in [6.07, 6.45) is 5.45. The Morgan fingerprint density at radius 3 is 2.59 bits per heavy atom. The Morgan fingerprint density at radius 1 is 1.21 bits per heavy atom. The van der Waals surface area contributed by atoms with Crippen LogP contribution in [0.15, 0.2) is 29.2 Å². The van der Waals surface area contributed by atoms with Gasteiger partial charge in [0.15, 0.2) is 0 Å². The largest absolute Gasteiger partial charge is 0.390 e. The fraction of sp³-hybridized carbons (Fsp3) is 0.667. The van der Waals surface area contributed by atoms with E-state index in [1.165, 1.54) is 22.5 Å². The predicted octanol–water partition coefficient (Wildman–Crippen LogP) is 2.03. The van der Waals surface area contributed by atoms with Crippen LogP contribution < -0.4 is 5.32 Å². The van der Waals surface area contributed by atoms with E-state index in [0.29, 0.717) is 18.8 Å². The number of amides is 1. The number of sulfonamides is 1. The number of aliphatic hydroxyl groups is 1. The van der Waals surface area contributed by atoms with Crippen molar-refractivity contribution in [3.63, 3.8) is 0 Å². The molecule has 6 nitrogen and oxygen atoms in total. The summed E-state index contributed by atoms with van der Waals surface area (Å²) in [4.78, 5) is 13.0. The van der Waals surface area contributed by atoms with E-state index in [9.17, 15) is 22.7 Å². The Bertz CT molecular complexity index is 920. The molecular weight excluding hydrogens is 395 g/mol. The molecule has 1 heterocycles. The van der Waals surface area contributed by atoms with Crippen molar-refractivity contribution in [3.05, 3.63) is 30.1 Å². The van der Waals surface area contributed by atoms with Crippen molar-refractivity contribution in [3.8, 4) is 0 Å². The monoisotopic (exact) mass is 422 g/mol. The minimum absolute atomic E-state index is 0.0126. The zero-order chi connectivity index (χ0) is 20.4. The van der Waals surface area contributed by atoms with Crippen LogP contribution in [0.25, 0.3) is 0 Å². The summed E-state index contributed by atoms with van der Waals surface area (Å²) in [6.45, 7) is 0.260. The molecule has 1 saturated heterocycles. The van der Waals surface area contributed by atoms with Crippen molar-refractivity contribution >= 4 is 15.9 Å². The Balaban J connectivity index is 1.34. The standard InChI is InChI=1S/C21H27FN2O4S/c22-16-3-1-4-17(9-16)29(27,28)24-6-2-5-18(24)20(25)23-19-14-7-13-8-15(19)12-21(26,10-13)11-14/h1,3-4,9,13-15,18-19,26H,2,5-8,10-12H2,(H,23,25)/t13?,14-,15+,18?,19?,21?. The highest BCUT2D eigenvalue weighted by Gasteiger charge is 2.55. The van der Waals surface area contributed by atoms with Crippen molar-refractivity contribution in [2.24, 2.45) is 17.8 Å². The molecule has 2 N–H and O–H groups in total. The topological polar surface area (TPSA) is 86.7 Å². The Morgan fingerprint density at radius 2 is 1.93 bits per heavy atom. The van der Waals surface area contributed by atoms with Gasteiger partial charge in [0.1, 0.15) is 11.9 Å². The summed E-state index contributed by atoms with van der Waals surface area (Å²) in [5.41, 5.74) is -0.572. The zero-order valence-corrected chi connectivity index (χ0v) is 17.1. The normalized spacial score (nSPS) is 39.0. The summed E-state index contributed by atoms with van der Waals surface area (Å²) in [5, 5.41) is 13.9. The lowest BCUT2D eigenvalue weighted by Gasteiger charge is -2.58. The summed E-state index contributed by atoms with van der Waals surface area (Å²) < 4.78 is 40.8. The molecule has 6 atom stereocenters. The summed E-state index contributed by atoms with van der Waals surface area (Å²) in [5.74, 6) is 0.210. The van der Waals surface area contributed by atoms with E-state index in [2.05, 4.69) is 5.32 Å². The van der Waals surface area contributed by atoms with Crippen LogP contribution in [0.1, 0.15) is 44.9 Å². The van der Waals surface area contributed by atoms with Gasteiger partial charge in [0.25, 0.3) is 0 Å². The quantitative estimate of drug-likeness (QED) is 0.777. The first-order chi connectivity index (χ1) is 13.7. The Kier molecular flexibility index (Phi) is 4.53. The molecule has 8 heteroatoms. The fourth-order valence-corrected chi connectivity index (χ4v) is 8.22. The van der Waals surface area contributed by atoms with Gasteiger partial charge >= 0.3 is 0 Å². The molecule has 6 rings (SSSR count). The van der Waals surface area contributed by atoms with Crippen LogP contribution in [0.4, 0.5) is 4.39 Å². The zero-order valence-electron chi connectivity index (χ0n) is 16.3. The summed E-state index contributed by atoms with van der Waals surface area (Å²) >= 11 is 0. The second kappa shape index (κ2) is 6.75. The molecule has 0 spiro atoms. The number of carbonyl (C=O) groups is 1. The Labute approximate surface area is 170 Å². The summed E-state index contributed by atoms with van der Waals surface area (Å²) in [7, 11) is -3.93. The maximum atomic E-state index is 13.6. The van der Waals surface area contributed by atoms with Gasteiger partial charge in [0.05, 0.1) is 10.5 Å². The average Bonchev–Trinajstić information content (AvgIpc) is 3.14. The highest BCUT2D eigenvalue weighted by Crippen LogP contribution is 2.55. The van der Waals surface area contributed by atoms with Crippen LogP contribution in [0.3, 0.4) is 0 Å². The van der Waals surface area contributed by atoms with E-state index >= 15 is 0 Å². The third-order valence-electron chi connectivity index (χ3n) is 7.46. The van der Waals surface area contributed by atoms with Gasteiger partial charge in [-0.3, -0.25) is 4.79 Å². The molecule has 0 aromatic heterocycles. The highest BCUT2D eigenvalue weighted by atomic mass is 32.2. The number of hydrogen-bond acceptors (Lipinski definition) is 4. The van der Waals surface area contributed by atoms with E-state index < -0.39 is 27.5 Å². The lowest BCUT2D eigenvalue weighted by atomic mass is 9.52. The average molecular weight is 423 g/mol. The number of halogens is 1. The second-order valence-electron chi connectivity index (χ2n) is 9.46. The third-order valence-corrected chi connectivity index (χ3v) is 9.36. The maximum Gasteiger partial charge on any atom is 0.243 e. The molecule has 5 fully saturated rings. The number of hydrogen-bond donors (Lipinski definition) is 2. The third kappa shape index (κ3) is 3.29. The molecule has 4 saturated carbocycles. The Hall–Kier alpha value is -1.51. The number of carbonyl (C=O) groups excluding carboxylic acids is 1. The van der Waals surface area contributed by atoms with Gasteiger partial charge in [-0.15, -0.1) is 0 Å². The highest BCUT2D eigenvalue weighted by molar-refractivity contribution is 7.89. The summed E-state index contributed by atoms with van der Waals surface area (Å²) in [6, 6.07) is 4.19. The minimum atomic E-state index is -3.93. The molecule has 1 aromatic carbocycles. The maximum absolute atomic E-state index is 13.6. The van der Waals surface area contributed by atoms with Gasteiger partial charge in [0, 0.05) is 12.6 Å². The van der Waals surface area contributed by atoms with E-state index in [1.807, 2.05) is 0 Å². The molecule has 4 aliphatic carbocycles. The number of nitrogens with one attached hydrogen (secondary N) is 1. The van der Waals surface area contributed by atoms with Crippen molar-refractivity contribution in [2.75, 3.05) is 6.54 Å². The lowest BCUT2D eigenvalue weighted by Crippen LogP contribution is -2.63. The molecule has 29 heavy (non-hydrogen) atoms. The van der Waals surface area contributed by atoms with Gasteiger partial charge in [0.2, 0.25) is 15.9 Å². The van der Waals surface area contributed by atoms with Crippen molar-refractivity contribution in [1.29, 1.82) is 0 Å². The van der Waals surface area contributed by atoms with Crippen molar-refractivity contribution in [2.45, 2.75) is 67.5 Å². The first-order valence-electron chi connectivity index (χ1n) is 10.6. The van der Waals surface area contributed by atoms with Crippen LogP contribution in [-0.4, -0.2) is 48.0 Å². The van der Waals surface area contributed by atoms with Crippen molar-refractivity contribution < 1.29 is 22.7 Å². The van der Waals surface area contributed by atoms with Crippen LogP contribution in [0, 0.1) is 23.6 Å². The SMILES string of the molecule is O=C(NC1[C@@H]2CC3C[C@H]1CC(O)(C3)C2)C1CCCN1S(=O)(=O)c1cccc(F)c1. The molecule has 4 unspecified atom stereocenters. The predicted molar refractivity (Wildman–Crippen MR) is 104 cm³/mol. The number of nitrogens with zero attached hydrogens (tertiary/aromatic N) is 1. The van der Waals surface area contributed by atoms with Gasteiger partial charge in [-0.2, -0.15) is 4.31 Å². The molecular formula is C21H27FN2O4S. The molecule has 5 aliphatic rings. The lowest BCUT2D eigenvalue weighted by molar-refractivity contribution is -0.147. The molecule has 158 valence electrons. The minimum Gasteiger partial charge on any atom is -0.390 e. The van der Waals surface area contributed by atoms with Crippen LogP contribution in [0.5, 0.6) is 0 Å². The van der Waals surface area contributed by atoms with E-state index in [0.717, 1.165) is 38.2 Å². The first kappa shape index (κ1) is 19.5. The molecule has 1 amide bonds. The van der Waals surface area contributed by atoms with E-state index in [1.54, 1.807) is 0 Å². The van der Waals surface area contributed by atoms with Gasteiger partial charge in [-0.1, -0.05) is 6.07 Å². The second-order valence-corrected chi connectivity index (χ2v) is 11.4. The molecule has 1 aromatic rings. The number of benzene rings is 1. The van der Waals surface area contributed by atoms with Crippen LogP contribution in [-0.2, 0) is 14.8 Å². The van der Waals surface area contributed by atoms with E-state index in [4.69, 9.17) is 0 Å². The van der Waals surface area contributed by atoms with Gasteiger partial charge in [-0.05, 0) is 80.9 Å². The number of rotatable bonds is 4. The van der Waals surface area contributed by atoms with Gasteiger partial charge in [-0.25, -0.2) is 12.8 Å². The van der Waals surface area contributed by atoms with E-state index in [-0.39, 0.29) is 35.2 Å². The first-order valence-corrected chi connectivity index (χ1v) is 12.0. The van der Waals surface area contributed by atoms with Crippen LogP contribution in [0.2, 0.25) is 0 Å². The van der Waals surface area contributed by atoms with Crippen LogP contribution >= 0.6 is 0 Å². The van der Waals surface area contributed by atoms with Gasteiger partial charge < -0.3 is 10.4 Å². The molecule has 1 aliphatic heterocycles. The fourth-order valence-electron chi connectivity index (χ4n) is 6.53.